The molecule has 1 rings (SSSR count). The molecule has 1 aromatic carbocycles. The van der Waals surface area contributed by atoms with Crippen molar-refractivity contribution in [2.45, 2.75) is 0 Å². The van der Waals surface area contributed by atoms with E-state index in [2.05, 4.69) is 10.1 Å². The Morgan fingerprint density at radius 3 is 2.50 bits per heavy atom. The van der Waals surface area contributed by atoms with Crippen molar-refractivity contribution >= 4 is 17.2 Å². The molecular weight excluding hydrogens is 208 g/mol. The van der Waals surface area contributed by atoms with Crippen molar-refractivity contribution in [2.24, 2.45) is 0 Å². The molecular formula is C9H9F2NOS. The summed E-state index contributed by atoms with van der Waals surface area (Å²) in [4.78, 5) is 0.157. The fourth-order valence-corrected chi connectivity index (χ4v) is 1.15. The number of ether oxygens (including phenoxy) is 1. The number of methoxy groups -OCH3 is 1. The molecule has 0 fully saturated rings. The summed E-state index contributed by atoms with van der Waals surface area (Å²) in [5.41, 5.74) is 0.0285. The third kappa shape index (κ3) is 1.98. The van der Waals surface area contributed by atoms with Gasteiger partial charge in [-0.3, -0.25) is 0 Å². The highest BCUT2D eigenvalue weighted by molar-refractivity contribution is 7.80. The SMILES string of the molecule is CNC(=S)c1cc(F)c(OC)cc1F. The summed E-state index contributed by atoms with van der Waals surface area (Å²) in [6, 6.07) is 1.97. The fourth-order valence-electron chi connectivity index (χ4n) is 0.994. The van der Waals surface area contributed by atoms with Crippen molar-refractivity contribution in [3.05, 3.63) is 29.3 Å². The highest BCUT2D eigenvalue weighted by Crippen LogP contribution is 2.21. The highest BCUT2D eigenvalue weighted by Gasteiger charge is 2.12. The summed E-state index contributed by atoms with van der Waals surface area (Å²) in [6.07, 6.45) is 0. The van der Waals surface area contributed by atoms with Gasteiger partial charge in [0.2, 0.25) is 0 Å². The number of nitrogens with one attached hydrogen (secondary N) is 1. The lowest BCUT2D eigenvalue weighted by atomic mass is 10.2. The van der Waals surface area contributed by atoms with Gasteiger partial charge < -0.3 is 10.1 Å². The van der Waals surface area contributed by atoms with Gasteiger partial charge in [-0.25, -0.2) is 8.78 Å². The number of halogens is 2. The molecule has 0 heterocycles. The molecule has 1 N–H and O–H groups in total. The van der Waals surface area contributed by atoms with Crippen LogP contribution in [0.4, 0.5) is 8.78 Å². The van der Waals surface area contributed by atoms with Gasteiger partial charge in [0.1, 0.15) is 10.8 Å². The van der Waals surface area contributed by atoms with Gasteiger partial charge in [0, 0.05) is 18.7 Å². The molecule has 0 unspecified atom stereocenters. The molecule has 0 radical (unpaired) electrons. The number of hydrogen-bond donors (Lipinski definition) is 1. The van der Waals surface area contributed by atoms with Crippen molar-refractivity contribution in [1.29, 1.82) is 0 Å². The standard InChI is InChI=1S/C9H9F2NOS/c1-12-9(14)5-3-7(11)8(13-2)4-6(5)10/h3-4H,1-2H3,(H,12,14). The van der Waals surface area contributed by atoms with E-state index in [1.807, 2.05) is 0 Å². The maximum absolute atomic E-state index is 13.3. The largest absolute Gasteiger partial charge is 0.494 e. The van der Waals surface area contributed by atoms with E-state index < -0.39 is 11.6 Å². The number of benzene rings is 1. The average Bonchev–Trinajstić information content (AvgIpc) is 2.19. The maximum Gasteiger partial charge on any atom is 0.165 e. The first kappa shape index (κ1) is 10.8. The van der Waals surface area contributed by atoms with E-state index >= 15 is 0 Å². The Kier molecular flexibility index (Phi) is 3.35. The van der Waals surface area contributed by atoms with Crippen molar-refractivity contribution in [3.8, 4) is 5.75 Å². The second-order valence-electron chi connectivity index (χ2n) is 2.55. The van der Waals surface area contributed by atoms with Gasteiger partial charge >= 0.3 is 0 Å². The van der Waals surface area contributed by atoms with Crippen LogP contribution in [0, 0.1) is 11.6 Å². The molecule has 0 aromatic heterocycles. The monoisotopic (exact) mass is 217 g/mol. The van der Waals surface area contributed by atoms with Crippen LogP contribution in [0.2, 0.25) is 0 Å². The summed E-state index contributed by atoms with van der Waals surface area (Å²) in [5.74, 6) is -1.38. The zero-order valence-corrected chi connectivity index (χ0v) is 8.54. The predicted octanol–water partition coefficient (Wildman–Crippen LogP) is 1.87. The second kappa shape index (κ2) is 4.32. The lowest BCUT2D eigenvalue weighted by Gasteiger charge is -2.07. The van der Waals surface area contributed by atoms with E-state index in [4.69, 9.17) is 12.2 Å². The van der Waals surface area contributed by atoms with Gasteiger partial charge in [-0.2, -0.15) is 0 Å². The molecule has 0 spiro atoms. The van der Waals surface area contributed by atoms with E-state index in [9.17, 15) is 8.78 Å². The molecule has 0 atom stereocenters. The van der Waals surface area contributed by atoms with Crippen molar-refractivity contribution in [1.82, 2.24) is 5.32 Å². The molecule has 0 aliphatic heterocycles. The van der Waals surface area contributed by atoms with Crippen LogP contribution >= 0.6 is 12.2 Å². The molecule has 2 nitrogen and oxygen atoms in total. The van der Waals surface area contributed by atoms with Crippen LogP contribution in [-0.2, 0) is 0 Å². The van der Waals surface area contributed by atoms with Crippen LogP contribution in [0.3, 0.4) is 0 Å². The van der Waals surface area contributed by atoms with Crippen LogP contribution in [-0.4, -0.2) is 19.1 Å². The van der Waals surface area contributed by atoms with Crippen LogP contribution in [0.25, 0.3) is 0 Å². The van der Waals surface area contributed by atoms with E-state index in [-0.39, 0.29) is 16.3 Å². The maximum atomic E-state index is 13.3. The molecule has 0 aliphatic carbocycles. The third-order valence-electron chi connectivity index (χ3n) is 1.71. The van der Waals surface area contributed by atoms with Crippen molar-refractivity contribution in [3.63, 3.8) is 0 Å². The quantitative estimate of drug-likeness (QED) is 0.764. The Balaban J connectivity index is 3.21. The number of rotatable bonds is 2. The molecule has 0 aliphatic rings. The van der Waals surface area contributed by atoms with E-state index in [1.54, 1.807) is 7.05 Å². The minimum absolute atomic E-state index is 0.0285. The topological polar surface area (TPSA) is 21.3 Å². The van der Waals surface area contributed by atoms with Crippen LogP contribution in [0.1, 0.15) is 5.56 Å². The average molecular weight is 217 g/mol. The van der Waals surface area contributed by atoms with Gasteiger partial charge in [-0.05, 0) is 6.07 Å². The first-order valence-corrected chi connectivity index (χ1v) is 4.26. The molecule has 0 bridgehead atoms. The van der Waals surface area contributed by atoms with Gasteiger partial charge in [-0.15, -0.1) is 0 Å². The molecule has 0 saturated carbocycles. The number of hydrogen-bond acceptors (Lipinski definition) is 2. The van der Waals surface area contributed by atoms with Gasteiger partial charge in [-0.1, -0.05) is 12.2 Å². The first-order chi connectivity index (χ1) is 6.60. The summed E-state index contributed by atoms with van der Waals surface area (Å²) in [7, 11) is 2.82. The third-order valence-corrected chi connectivity index (χ3v) is 2.14. The number of thiocarbonyl (C=S) groups is 1. The van der Waals surface area contributed by atoms with E-state index in [0.717, 1.165) is 12.1 Å². The summed E-state index contributed by atoms with van der Waals surface area (Å²) < 4.78 is 31.0. The van der Waals surface area contributed by atoms with E-state index in [1.165, 1.54) is 7.11 Å². The molecule has 0 saturated heterocycles. The van der Waals surface area contributed by atoms with E-state index in [0.29, 0.717) is 0 Å². The van der Waals surface area contributed by atoms with Crippen molar-refractivity contribution < 1.29 is 13.5 Å². The van der Waals surface area contributed by atoms with Gasteiger partial charge in [0.15, 0.2) is 11.6 Å². The van der Waals surface area contributed by atoms with Crippen LogP contribution < -0.4 is 10.1 Å². The fraction of sp³-hybridized carbons (Fsp3) is 0.222. The lowest BCUT2D eigenvalue weighted by molar-refractivity contribution is 0.382. The minimum atomic E-state index is -0.638. The van der Waals surface area contributed by atoms with Gasteiger partial charge in [0.25, 0.3) is 0 Å². The molecule has 14 heavy (non-hydrogen) atoms. The zero-order chi connectivity index (χ0) is 10.7. The summed E-state index contributed by atoms with van der Waals surface area (Å²) >= 11 is 4.79. The Labute approximate surface area is 85.9 Å². The second-order valence-corrected chi connectivity index (χ2v) is 2.95. The molecule has 0 amide bonds. The highest BCUT2D eigenvalue weighted by atomic mass is 32.1. The Morgan fingerprint density at radius 1 is 1.36 bits per heavy atom. The minimum Gasteiger partial charge on any atom is -0.494 e. The zero-order valence-electron chi connectivity index (χ0n) is 7.73. The lowest BCUT2D eigenvalue weighted by Crippen LogP contribution is -2.18. The van der Waals surface area contributed by atoms with Crippen LogP contribution in [0.5, 0.6) is 5.75 Å². The predicted molar refractivity (Wildman–Crippen MR) is 53.7 cm³/mol. The molecule has 76 valence electrons. The van der Waals surface area contributed by atoms with Gasteiger partial charge in [0.05, 0.1) is 7.11 Å². The molecule has 5 heteroatoms. The first-order valence-electron chi connectivity index (χ1n) is 3.85. The Morgan fingerprint density at radius 2 is 2.00 bits per heavy atom. The Bertz CT molecular complexity index is 368. The smallest absolute Gasteiger partial charge is 0.165 e. The summed E-state index contributed by atoms with van der Waals surface area (Å²) in [5, 5.41) is 2.57. The van der Waals surface area contributed by atoms with Crippen LogP contribution in [0.15, 0.2) is 12.1 Å². The Hall–Kier alpha value is -1.23. The van der Waals surface area contributed by atoms with Crippen molar-refractivity contribution in [2.75, 3.05) is 14.2 Å². The molecule has 1 aromatic rings. The normalized spacial score (nSPS) is 9.71. The summed E-state index contributed by atoms with van der Waals surface area (Å²) in [6.45, 7) is 0.